The Morgan fingerprint density at radius 1 is 1.10 bits per heavy atom. The number of benzene rings is 2. The normalized spacial score (nSPS) is 10.0. The SMILES string of the molecule is Cc1cc(Oc2c(C)cc(C#N)cc2C)ccc1C(=O)O. The minimum Gasteiger partial charge on any atom is -0.478 e. The van der Waals surface area contributed by atoms with Crippen LogP contribution in [0.4, 0.5) is 0 Å². The highest BCUT2D eigenvalue weighted by molar-refractivity contribution is 5.89. The standard InChI is InChI=1S/C17H15NO3/c1-10-8-14(4-5-15(10)17(19)20)21-16-11(2)6-13(9-18)7-12(16)3/h4-8H,1-3H3,(H,19,20). The molecule has 0 unspecified atom stereocenters. The Hall–Kier alpha value is -2.80. The molecule has 0 saturated heterocycles. The average Bonchev–Trinajstić information content (AvgIpc) is 2.42. The molecule has 0 aromatic heterocycles. The summed E-state index contributed by atoms with van der Waals surface area (Å²) in [5, 5.41) is 18.0. The van der Waals surface area contributed by atoms with E-state index in [0.717, 1.165) is 11.1 Å². The molecule has 1 N–H and O–H groups in total. The van der Waals surface area contributed by atoms with Gasteiger partial charge in [-0.25, -0.2) is 4.79 Å². The maximum Gasteiger partial charge on any atom is 0.335 e. The number of hydrogen-bond donors (Lipinski definition) is 1. The van der Waals surface area contributed by atoms with Crippen LogP contribution in [0.15, 0.2) is 30.3 Å². The summed E-state index contributed by atoms with van der Waals surface area (Å²) in [6.45, 7) is 5.48. The number of carboxylic acids is 1. The van der Waals surface area contributed by atoms with Crippen LogP contribution >= 0.6 is 0 Å². The van der Waals surface area contributed by atoms with E-state index in [4.69, 9.17) is 15.1 Å². The van der Waals surface area contributed by atoms with Gasteiger partial charge in [-0.1, -0.05) is 0 Å². The second kappa shape index (κ2) is 5.68. The van der Waals surface area contributed by atoms with Crippen molar-refractivity contribution in [3.05, 3.63) is 58.1 Å². The van der Waals surface area contributed by atoms with Crippen LogP contribution in [0.5, 0.6) is 11.5 Å². The largest absolute Gasteiger partial charge is 0.478 e. The number of carbonyl (C=O) groups is 1. The van der Waals surface area contributed by atoms with Crippen molar-refractivity contribution in [2.75, 3.05) is 0 Å². The lowest BCUT2D eigenvalue weighted by Gasteiger charge is -2.13. The first-order chi connectivity index (χ1) is 9.92. The van der Waals surface area contributed by atoms with Gasteiger partial charge >= 0.3 is 5.97 Å². The molecular formula is C17H15NO3. The molecular weight excluding hydrogens is 266 g/mol. The lowest BCUT2D eigenvalue weighted by atomic mass is 10.1. The van der Waals surface area contributed by atoms with E-state index in [0.29, 0.717) is 22.6 Å². The lowest BCUT2D eigenvalue weighted by Crippen LogP contribution is -2.00. The van der Waals surface area contributed by atoms with Gasteiger partial charge in [-0.15, -0.1) is 0 Å². The van der Waals surface area contributed by atoms with Crippen molar-refractivity contribution < 1.29 is 14.6 Å². The van der Waals surface area contributed by atoms with Gasteiger partial charge in [0.15, 0.2) is 0 Å². The van der Waals surface area contributed by atoms with Gasteiger partial charge in [0.25, 0.3) is 0 Å². The van der Waals surface area contributed by atoms with Crippen LogP contribution in [0.3, 0.4) is 0 Å². The topological polar surface area (TPSA) is 70.3 Å². The zero-order valence-corrected chi connectivity index (χ0v) is 12.1. The van der Waals surface area contributed by atoms with Gasteiger partial charge in [0.05, 0.1) is 17.2 Å². The molecule has 2 aromatic carbocycles. The smallest absolute Gasteiger partial charge is 0.335 e. The summed E-state index contributed by atoms with van der Waals surface area (Å²) < 4.78 is 5.85. The molecule has 4 heteroatoms. The van der Waals surface area contributed by atoms with Crippen LogP contribution in [0, 0.1) is 32.1 Å². The third kappa shape index (κ3) is 3.03. The van der Waals surface area contributed by atoms with Crippen LogP contribution in [0.1, 0.15) is 32.6 Å². The van der Waals surface area contributed by atoms with Crippen molar-refractivity contribution >= 4 is 5.97 Å². The number of rotatable bonds is 3. The first kappa shape index (κ1) is 14.6. The van der Waals surface area contributed by atoms with E-state index in [2.05, 4.69) is 6.07 Å². The molecule has 0 radical (unpaired) electrons. The molecule has 0 aliphatic rings. The van der Waals surface area contributed by atoms with Crippen molar-refractivity contribution in [2.24, 2.45) is 0 Å². The molecule has 0 amide bonds. The van der Waals surface area contributed by atoms with E-state index in [1.807, 2.05) is 13.8 Å². The maximum absolute atomic E-state index is 11.0. The molecule has 0 spiro atoms. The number of carboxylic acid groups (broad SMARTS) is 1. The van der Waals surface area contributed by atoms with Gasteiger partial charge in [0.1, 0.15) is 11.5 Å². The van der Waals surface area contributed by atoms with E-state index < -0.39 is 5.97 Å². The molecule has 21 heavy (non-hydrogen) atoms. The van der Waals surface area contributed by atoms with Crippen molar-refractivity contribution in [3.63, 3.8) is 0 Å². The van der Waals surface area contributed by atoms with E-state index in [1.165, 1.54) is 6.07 Å². The van der Waals surface area contributed by atoms with Crippen molar-refractivity contribution in [1.29, 1.82) is 5.26 Å². The van der Waals surface area contributed by atoms with Crippen molar-refractivity contribution in [1.82, 2.24) is 0 Å². The fraction of sp³-hybridized carbons (Fsp3) is 0.176. The molecule has 106 valence electrons. The first-order valence-corrected chi connectivity index (χ1v) is 6.45. The quantitative estimate of drug-likeness (QED) is 0.924. The Morgan fingerprint density at radius 2 is 1.71 bits per heavy atom. The number of hydrogen-bond acceptors (Lipinski definition) is 3. The highest BCUT2D eigenvalue weighted by Gasteiger charge is 2.11. The highest BCUT2D eigenvalue weighted by Crippen LogP contribution is 2.30. The Kier molecular flexibility index (Phi) is 3.95. The fourth-order valence-corrected chi connectivity index (χ4v) is 2.23. The van der Waals surface area contributed by atoms with Crippen LogP contribution in [-0.4, -0.2) is 11.1 Å². The molecule has 2 rings (SSSR count). The molecule has 2 aromatic rings. The molecule has 0 atom stereocenters. The third-order valence-electron chi connectivity index (χ3n) is 3.24. The van der Waals surface area contributed by atoms with Crippen LogP contribution in [0.2, 0.25) is 0 Å². The molecule has 4 nitrogen and oxygen atoms in total. The van der Waals surface area contributed by atoms with Gasteiger partial charge in [-0.05, 0) is 67.8 Å². The predicted octanol–water partition coefficient (Wildman–Crippen LogP) is 3.97. The molecule has 0 aliphatic heterocycles. The summed E-state index contributed by atoms with van der Waals surface area (Å²) in [7, 11) is 0. The Balaban J connectivity index is 2.37. The zero-order chi connectivity index (χ0) is 15.6. The highest BCUT2D eigenvalue weighted by atomic mass is 16.5. The van der Waals surface area contributed by atoms with Crippen molar-refractivity contribution in [3.8, 4) is 17.6 Å². The van der Waals surface area contributed by atoms with E-state index >= 15 is 0 Å². The van der Waals surface area contributed by atoms with E-state index in [1.54, 1.807) is 31.2 Å². The van der Waals surface area contributed by atoms with Gasteiger partial charge in [-0.3, -0.25) is 0 Å². The number of aromatic carboxylic acids is 1. The Bertz CT molecular complexity index is 734. The number of aryl methyl sites for hydroxylation is 3. The minimum absolute atomic E-state index is 0.260. The summed E-state index contributed by atoms with van der Waals surface area (Å²) in [5.74, 6) is 0.315. The van der Waals surface area contributed by atoms with Gasteiger partial charge in [0, 0.05) is 0 Å². The molecule has 0 bridgehead atoms. The number of ether oxygens (including phenoxy) is 1. The van der Waals surface area contributed by atoms with Crippen LogP contribution in [0.25, 0.3) is 0 Å². The van der Waals surface area contributed by atoms with Crippen LogP contribution < -0.4 is 4.74 Å². The van der Waals surface area contributed by atoms with Gasteiger partial charge in [0.2, 0.25) is 0 Å². The number of nitrogens with zero attached hydrogens (tertiary/aromatic N) is 1. The molecule has 0 aliphatic carbocycles. The summed E-state index contributed by atoms with van der Waals surface area (Å²) in [4.78, 5) is 11.0. The Labute approximate surface area is 123 Å². The zero-order valence-electron chi connectivity index (χ0n) is 12.1. The predicted molar refractivity (Wildman–Crippen MR) is 78.8 cm³/mol. The second-order valence-corrected chi connectivity index (χ2v) is 4.93. The van der Waals surface area contributed by atoms with Gasteiger partial charge < -0.3 is 9.84 Å². The maximum atomic E-state index is 11.0. The van der Waals surface area contributed by atoms with Crippen LogP contribution in [-0.2, 0) is 0 Å². The molecule has 0 saturated carbocycles. The van der Waals surface area contributed by atoms with E-state index in [-0.39, 0.29) is 5.56 Å². The second-order valence-electron chi connectivity index (χ2n) is 4.93. The van der Waals surface area contributed by atoms with Gasteiger partial charge in [-0.2, -0.15) is 5.26 Å². The first-order valence-electron chi connectivity index (χ1n) is 6.45. The summed E-state index contributed by atoms with van der Waals surface area (Å²) in [5.41, 5.74) is 3.23. The summed E-state index contributed by atoms with van der Waals surface area (Å²) >= 11 is 0. The van der Waals surface area contributed by atoms with Crippen molar-refractivity contribution in [2.45, 2.75) is 20.8 Å². The number of nitriles is 1. The fourth-order valence-electron chi connectivity index (χ4n) is 2.23. The third-order valence-corrected chi connectivity index (χ3v) is 3.24. The summed E-state index contributed by atoms with van der Waals surface area (Å²) in [6, 6.07) is 10.5. The molecule has 0 fully saturated rings. The average molecular weight is 281 g/mol. The summed E-state index contributed by atoms with van der Waals surface area (Å²) in [6.07, 6.45) is 0. The Morgan fingerprint density at radius 3 is 2.19 bits per heavy atom. The molecule has 0 heterocycles. The minimum atomic E-state index is -0.954. The van der Waals surface area contributed by atoms with E-state index in [9.17, 15) is 4.79 Å². The lowest BCUT2D eigenvalue weighted by molar-refractivity contribution is 0.0696. The monoisotopic (exact) mass is 281 g/mol.